The summed E-state index contributed by atoms with van der Waals surface area (Å²) in [5.74, 6) is -0.344. The zero-order chi connectivity index (χ0) is 19.7. The van der Waals surface area contributed by atoms with Crippen LogP contribution in [0.15, 0.2) is 57.7 Å². The monoisotopic (exact) mass is 373 g/mol. The number of esters is 1. The highest BCUT2D eigenvalue weighted by Crippen LogP contribution is 2.25. The minimum absolute atomic E-state index is 0.108. The summed E-state index contributed by atoms with van der Waals surface area (Å²) in [6, 6.07) is 16.1. The summed E-state index contributed by atoms with van der Waals surface area (Å²) in [6.07, 6.45) is 0. The van der Waals surface area contributed by atoms with Gasteiger partial charge in [-0.15, -0.1) is 0 Å². The summed E-state index contributed by atoms with van der Waals surface area (Å²) in [5.41, 5.74) is 1.41. The molecule has 0 saturated carbocycles. The number of nitriles is 1. The Bertz CT molecular complexity index is 1310. The fourth-order valence-corrected chi connectivity index (χ4v) is 3.12. The molecule has 0 N–H and O–H groups in total. The van der Waals surface area contributed by atoms with Crippen molar-refractivity contribution in [1.29, 1.82) is 5.26 Å². The normalized spacial score (nSPS) is 10.9. The van der Waals surface area contributed by atoms with Gasteiger partial charge < -0.3 is 9.15 Å². The second kappa shape index (κ2) is 7.00. The highest BCUT2D eigenvalue weighted by molar-refractivity contribution is 5.95. The number of carbonyl (C=O) groups excluding carboxylic acids is 1. The Kier molecular flexibility index (Phi) is 4.38. The third kappa shape index (κ3) is 2.91. The quantitative estimate of drug-likeness (QED) is 0.509. The number of furan rings is 1. The number of hydrogen-bond donors (Lipinski definition) is 0. The molecule has 0 saturated heterocycles. The number of para-hydroxylation sites is 2. The van der Waals surface area contributed by atoms with E-state index in [4.69, 9.17) is 14.4 Å². The maximum absolute atomic E-state index is 12.6. The van der Waals surface area contributed by atoms with Crippen molar-refractivity contribution in [3.05, 3.63) is 76.0 Å². The Labute approximate surface area is 159 Å². The number of fused-ring (bicyclic) bond motifs is 2. The molecule has 0 aliphatic carbocycles. The number of aromatic nitrogens is 2. The van der Waals surface area contributed by atoms with Gasteiger partial charge in [-0.25, -0.2) is 9.78 Å². The van der Waals surface area contributed by atoms with E-state index in [9.17, 15) is 9.59 Å². The minimum Gasteiger partial charge on any atom is -0.452 e. The smallest absolute Gasteiger partial charge is 0.375 e. The van der Waals surface area contributed by atoms with Crippen LogP contribution in [-0.2, 0) is 17.9 Å². The number of benzene rings is 2. The molecule has 2 aromatic carbocycles. The highest BCUT2D eigenvalue weighted by atomic mass is 16.5. The largest absolute Gasteiger partial charge is 0.452 e. The second-order valence-electron chi connectivity index (χ2n) is 6.22. The zero-order valence-corrected chi connectivity index (χ0v) is 15.0. The number of rotatable bonds is 4. The number of ether oxygens (including phenoxy) is 1. The SMILES string of the molecule is Cc1c(C(=O)OCc2nc3ccccc3c(=O)n2CC#N)oc2ccccc12. The van der Waals surface area contributed by atoms with Crippen LogP contribution in [0, 0.1) is 18.3 Å². The molecule has 2 heterocycles. The van der Waals surface area contributed by atoms with Crippen LogP contribution in [0.25, 0.3) is 21.9 Å². The molecule has 0 spiro atoms. The fourth-order valence-electron chi connectivity index (χ4n) is 3.12. The van der Waals surface area contributed by atoms with Gasteiger partial charge in [0.05, 0.1) is 17.0 Å². The van der Waals surface area contributed by atoms with Crippen LogP contribution >= 0.6 is 0 Å². The second-order valence-corrected chi connectivity index (χ2v) is 6.22. The molecule has 0 atom stereocenters. The molecular weight excluding hydrogens is 358 g/mol. The van der Waals surface area contributed by atoms with Gasteiger partial charge in [0.1, 0.15) is 18.7 Å². The van der Waals surface area contributed by atoms with Crippen LogP contribution in [0.4, 0.5) is 0 Å². The Morgan fingerprint density at radius 2 is 1.89 bits per heavy atom. The van der Waals surface area contributed by atoms with E-state index in [2.05, 4.69) is 4.98 Å². The summed E-state index contributed by atoms with van der Waals surface area (Å²) in [5, 5.41) is 10.3. The van der Waals surface area contributed by atoms with Crippen LogP contribution in [0.3, 0.4) is 0 Å². The van der Waals surface area contributed by atoms with E-state index in [0.29, 0.717) is 22.0 Å². The summed E-state index contributed by atoms with van der Waals surface area (Å²) in [7, 11) is 0. The van der Waals surface area contributed by atoms with Crippen LogP contribution in [-0.4, -0.2) is 15.5 Å². The molecule has 4 aromatic rings. The van der Waals surface area contributed by atoms with Gasteiger partial charge in [-0.3, -0.25) is 9.36 Å². The van der Waals surface area contributed by atoms with Crippen LogP contribution in [0.2, 0.25) is 0 Å². The maximum Gasteiger partial charge on any atom is 0.375 e. The molecule has 7 nitrogen and oxygen atoms in total. The summed E-state index contributed by atoms with van der Waals surface area (Å²) in [6.45, 7) is 1.34. The Hall–Kier alpha value is -3.92. The molecular formula is C21H15N3O4. The van der Waals surface area contributed by atoms with Crippen molar-refractivity contribution in [2.45, 2.75) is 20.1 Å². The average Bonchev–Trinajstić information content (AvgIpc) is 3.06. The molecule has 0 amide bonds. The molecule has 4 rings (SSSR count). The standard InChI is InChI=1S/C21H15N3O4/c1-13-14-6-3-5-9-17(14)28-19(13)21(26)27-12-18-23-16-8-4-2-7-15(16)20(25)24(18)11-10-22/h2-9H,11-12H2,1H3. The van der Waals surface area contributed by atoms with Gasteiger partial charge in [0.15, 0.2) is 5.82 Å². The van der Waals surface area contributed by atoms with Crippen molar-refractivity contribution < 1.29 is 13.9 Å². The predicted molar refractivity (Wildman–Crippen MR) is 102 cm³/mol. The first-order chi connectivity index (χ1) is 13.6. The van der Waals surface area contributed by atoms with Gasteiger partial charge in [0.25, 0.3) is 5.56 Å². The lowest BCUT2D eigenvalue weighted by Gasteiger charge is -2.11. The lowest BCUT2D eigenvalue weighted by atomic mass is 10.1. The van der Waals surface area contributed by atoms with Gasteiger partial charge in [0.2, 0.25) is 5.76 Å². The van der Waals surface area contributed by atoms with Gasteiger partial charge >= 0.3 is 5.97 Å². The third-order valence-electron chi connectivity index (χ3n) is 4.53. The topological polar surface area (TPSA) is 98.1 Å². The molecule has 0 aliphatic rings. The average molecular weight is 373 g/mol. The minimum atomic E-state index is -0.653. The predicted octanol–water partition coefficient (Wildman–Crippen LogP) is 3.33. The number of carbonyl (C=O) groups is 1. The molecule has 28 heavy (non-hydrogen) atoms. The van der Waals surface area contributed by atoms with Crippen LogP contribution in [0.1, 0.15) is 21.9 Å². The van der Waals surface area contributed by atoms with E-state index < -0.39 is 5.97 Å². The maximum atomic E-state index is 12.6. The molecule has 0 bridgehead atoms. The first kappa shape index (κ1) is 17.5. The molecule has 138 valence electrons. The van der Waals surface area contributed by atoms with Crippen molar-refractivity contribution in [3.63, 3.8) is 0 Å². The molecule has 7 heteroatoms. The van der Waals surface area contributed by atoms with Gasteiger partial charge in [-0.05, 0) is 25.1 Å². The van der Waals surface area contributed by atoms with Crippen molar-refractivity contribution in [1.82, 2.24) is 9.55 Å². The van der Waals surface area contributed by atoms with Gasteiger partial charge in [-0.1, -0.05) is 30.3 Å². The lowest BCUT2D eigenvalue weighted by Crippen LogP contribution is -2.26. The van der Waals surface area contributed by atoms with E-state index in [1.807, 2.05) is 24.3 Å². The molecule has 0 aliphatic heterocycles. The van der Waals surface area contributed by atoms with Crippen LogP contribution in [0.5, 0.6) is 0 Å². The summed E-state index contributed by atoms with van der Waals surface area (Å²) >= 11 is 0. The number of hydrogen-bond acceptors (Lipinski definition) is 6. The third-order valence-corrected chi connectivity index (χ3v) is 4.53. The molecule has 2 aromatic heterocycles. The Morgan fingerprint density at radius 1 is 1.18 bits per heavy atom. The van der Waals surface area contributed by atoms with E-state index in [-0.39, 0.29) is 30.3 Å². The Morgan fingerprint density at radius 3 is 2.64 bits per heavy atom. The van der Waals surface area contributed by atoms with Crippen LogP contribution < -0.4 is 5.56 Å². The van der Waals surface area contributed by atoms with E-state index in [1.165, 1.54) is 4.57 Å². The first-order valence-corrected chi connectivity index (χ1v) is 8.61. The highest BCUT2D eigenvalue weighted by Gasteiger charge is 2.20. The van der Waals surface area contributed by atoms with Gasteiger partial charge in [-0.2, -0.15) is 5.26 Å². The van der Waals surface area contributed by atoms with Crippen molar-refractivity contribution in [3.8, 4) is 6.07 Å². The van der Waals surface area contributed by atoms with E-state index in [1.54, 1.807) is 37.3 Å². The first-order valence-electron chi connectivity index (χ1n) is 8.61. The van der Waals surface area contributed by atoms with Crippen molar-refractivity contribution >= 4 is 27.8 Å². The molecule has 0 fully saturated rings. The molecule has 0 unspecified atom stereocenters. The zero-order valence-electron chi connectivity index (χ0n) is 15.0. The number of nitrogens with zero attached hydrogens (tertiary/aromatic N) is 3. The van der Waals surface area contributed by atoms with E-state index in [0.717, 1.165) is 5.39 Å². The van der Waals surface area contributed by atoms with Crippen molar-refractivity contribution in [2.75, 3.05) is 0 Å². The van der Waals surface area contributed by atoms with Gasteiger partial charge in [0, 0.05) is 10.9 Å². The fraction of sp³-hybridized carbons (Fsp3) is 0.143. The molecule has 0 radical (unpaired) electrons. The summed E-state index contributed by atoms with van der Waals surface area (Å²) in [4.78, 5) is 29.6. The summed E-state index contributed by atoms with van der Waals surface area (Å²) < 4.78 is 12.2. The Balaban J connectivity index is 1.67. The van der Waals surface area contributed by atoms with Crippen molar-refractivity contribution in [2.24, 2.45) is 0 Å². The number of aryl methyl sites for hydroxylation is 1. The lowest BCUT2D eigenvalue weighted by molar-refractivity contribution is 0.0422. The van der Waals surface area contributed by atoms with E-state index >= 15 is 0 Å².